The summed E-state index contributed by atoms with van der Waals surface area (Å²) in [5, 5.41) is 9.33. The number of hydrogen-bond acceptors (Lipinski definition) is 6. The molecule has 0 saturated heterocycles. The van der Waals surface area contributed by atoms with Gasteiger partial charge in [-0.05, 0) is 22.9 Å². The van der Waals surface area contributed by atoms with Crippen LogP contribution < -0.4 is 0 Å². The summed E-state index contributed by atoms with van der Waals surface area (Å²) >= 11 is 0. The fraction of sp³-hybridized carbons (Fsp3) is 0.455. The van der Waals surface area contributed by atoms with Crippen molar-refractivity contribution < 1.29 is 19.4 Å². The molecule has 0 atom stereocenters. The molecule has 0 aliphatic heterocycles. The molecule has 0 bridgehead atoms. The number of carbonyl (C=O) groups is 1. The summed E-state index contributed by atoms with van der Waals surface area (Å²) in [6.07, 6.45) is 1.77. The van der Waals surface area contributed by atoms with Crippen LogP contribution in [0.1, 0.15) is 6.42 Å². The number of pyridine rings is 1. The molecule has 18 heavy (non-hydrogen) atoms. The lowest BCUT2D eigenvalue weighted by Gasteiger charge is -2.04. The van der Waals surface area contributed by atoms with Crippen LogP contribution >= 0.6 is 21.6 Å². The first-order chi connectivity index (χ1) is 8.79. The minimum absolute atomic E-state index is 0.00758. The number of carboxylic acid groups (broad SMARTS) is 1. The SMILES string of the molecule is O=C(O)CCOCOCCSSc1ccccn1. The molecular formula is C11H15NO4S2. The Hall–Kier alpha value is -0.760. The quantitative estimate of drug-likeness (QED) is 0.402. The third-order valence-electron chi connectivity index (χ3n) is 1.72. The van der Waals surface area contributed by atoms with Crippen LogP contribution in [0, 0.1) is 0 Å². The van der Waals surface area contributed by atoms with Gasteiger partial charge in [0.2, 0.25) is 0 Å². The van der Waals surface area contributed by atoms with E-state index >= 15 is 0 Å². The molecule has 0 radical (unpaired) electrons. The van der Waals surface area contributed by atoms with Gasteiger partial charge < -0.3 is 14.6 Å². The van der Waals surface area contributed by atoms with E-state index in [1.54, 1.807) is 27.8 Å². The molecule has 0 amide bonds. The predicted molar refractivity (Wildman–Crippen MR) is 71.6 cm³/mol. The van der Waals surface area contributed by atoms with Crippen molar-refractivity contribution in [3.63, 3.8) is 0 Å². The zero-order chi connectivity index (χ0) is 13.1. The summed E-state index contributed by atoms with van der Waals surface area (Å²) in [5.41, 5.74) is 0. The lowest BCUT2D eigenvalue weighted by atomic mass is 10.5. The number of nitrogens with zero attached hydrogens (tertiary/aromatic N) is 1. The Morgan fingerprint density at radius 2 is 2.17 bits per heavy atom. The van der Waals surface area contributed by atoms with E-state index in [1.165, 1.54) is 0 Å². The highest BCUT2D eigenvalue weighted by Crippen LogP contribution is 2.28. The molecular weight excluding hydrogens is 274 g/mol. The van der Waals surface area contributed by atoms with Gasteiger partial charge in [0, 0.05) is 11.9 Å². The molecule has 1 aromatic rings. The lowest BCUT2D eigenvalue weighted by molar-refractivity contribution is -0.139. The molecule has 100 valence electrons. The average Bonchev–Trinajstić information content (AvgIpc) is 2.37. The van der Waals surface area contributed by atoms with Gasteiger partial charge in [-0.1, -0.05) is 16.9 Å². The summed E-state index contributed by atoms with van der Waals surface area (Å²) in [6, 6.07) is 5.78. The Bertz CT molecular complexity index is 337. The summed E-state index contributed by atoms with van der Waals surface area (Å²) in [5.74, 6) is -0.0406. The maximum Gasteiger partial charge on any atom is 0.305 e. The van der Waals surface area contributed by atoms with Crippen molar-refractivity contribution in [1.29, 1.82) is 0 Å². The Balaban J connectivity index is 1.86. The zero-order valence-electron chi connectivity index (χ0n) is 9.78. The summed E-state index contributed by atoms with van der Waals surface area (Å²) < 4.78 is 10.2. The number of rotatable bonds is 10. The molecule has 1 rings (SSSR count). The molecule has 1 N–H and O–H groups in total. The Labute approximate surface area is 114 Å². The van der Waals surface area contributed by atoms with Gasteiger partial charge in [0.05, 0.1) is 19.6 Å². The summed E-state index contributed by atoms with van der Waals surface area (Å²) in [4.78, 5) is 14.3. The Morgan fingerprint density at radius 3 is 2.89 bits per heavy atom. The molecule has 0 fully saturated rings. The van der Waals surface area contributed by atoms with Gasteiger partial charge in [-0.25, -0.2) is 4.98 Å². The van der Waals surface area contributed by atoms with Crippen molar-refractivity contribution in [2.45, 2.75) is 11.4 Å². The Morgan fingerprint density at radius 1 is 1.33 bits per heavy atom. The number of aliphatic carboxylic acids is 1. The number of ether oxygens (including phenoxy) is 2. The largest absolute Gasteiger partial charge is 0.481 e. The monoisotopic (exact) mass is 289 g/mol. The molecule has 5 nitrogen and oxygen atoms in total. The molecule has 7 heteroatoms. The topological polar surface area (TPSA) is 68.7 Å². The molecule has 0 aromatic carbocycles. The van der Waals surface area contributed by atoms with Crippen molar-refractivity contribution in [3.05, 3.63) is 24.4 Å². The van der Waals surface area contributed by atoms with E-state index in [4.69, 9.17) is 14.6 Å². The summed E-state index contributed by atoms with van der Waals surface area (Å²) in [7, 11) is 3.25. The van der Waals surface area contributed by atoms with E-state index in [0.29, 0.717) is 6.61 Å². The minimum atomic E-state index is -0.864. The lowest BCUT2D eigenvalue weighted by Crippen LogP contribution is -2.07. The highest BCUT2D eigenvalue weighted by molar-refractivity contribution is 8.76. The van der Waals surface area contributed by atoms with Crippen molar-refractivity contribution >= 4 is 27.6 Å². The van der Waals surface area contributed by atoms with Crippen LogP contribution in [0.3, 0.4) is 0 Å². The van der Waals surface area contributed by atoms with Crippen LogP contribution in [-0.2, 0) is 14.3 Å². The van der Waals surface area contributed by atoms with E-state index in [0.717, 1.165) is 10.8 Å². The first-order valence-corrected chi connectivity index (χ1v) is 7.68. The fourth-order valence-electron chi connectivity index (χ4n) is 0.928. The van der Waals surface area contributed by atoms with Gasteiger partial charge in [-0.3, -0.25) is 4.79 Å². The summed E-state index contributed by atoms with van der Waals surface area (Å²) in [6.45, 7) is 0.894. The van der Waals surface area contributed by atoms with Crippen molar-refractivity contribution in [2.75, 3.05) is 25.8 Å². The zero-order valence-corrected chi connectivity index (χ0v) is 11.4. The van der Waals surface area contributed by atoms with Gasteiger partial charge in [-0.2, -0.15) is 0 Å². The second kappa shape index (κ2) is 10.2. The van der Waals surface area contributed by atoms with Crippen molar-refractivity contribution in [1.82, 2.24) is 4.98 Å². The van der Waals surface area contributed by atoms with Crippen LogP contribution in [-0.4, -0.2) is 41.8 Å². The van der Waals surface area contributed by atoms with E-state index in [2.05, 4.69) is 4.98 Å². The van der Waals surface area contributed by atoms with Gasteiger partial charge in [-0.15, -0.1) is 0 Å². The maximum atomic E-state index is 10.2. The number of aromatic nitrogens is 1. The van der Waals surface area contributed by atoms with Crippen molar-refractivity contribution in [3.8, 4) is 0 Å². The van der Waals surface area contributed by atoms with E-state index < -0.39 is 5.97 Å². The van der Waals surface area contributed by atoms with Crippen LogP contribution in [0.5, 0.6) is 0 Å². The normalized spacial score (nSPS) is 10.4. The first-order valence-electron chi connectivity index (χ1n) is 5.37. The van der Waals surface area contributed by atoms with Gasteiger partial charge in [0.1, 0.15) is 11.8 Å². The molecule has 1 heterocycles. The van der Waals surface area contributed by atoms with Gasteiger partial charge >= 0.3 is 5.97 Å². The predicted octanol–water partition coefficient (Wildman–Crippen LogP) is 2.29. The fourth-order valence-corrected chi connectivity index (χ4v) is 2.67. The smallest absolute Gasteiger partial charge is 0.305 e. The molecule has 0 aliphatic carbocycles. The van der Waals surface area contributed by atoms with E-state index in [9.17, 15) is 4.79 Å². The van der Waals surface area contributed by atoms with Crippen LogP contribution in [0.15, 0.2) is 29.4 Å². The molecule has 0 spiro atoms. The Kier molecular flexibility index (Phi) is 8.66. The van der Waals surface area contributed by atoms with Crippen molar-refractivity contribution in [2.24, 2.45) is 0 Å². The highest BCUT2D eigenvalue weighted by Gasteiger charge is 1.97. The van der Waals surface area contributed by atoms with E-state index in [1.807, 2.05) is 18.2 Å². The minimum Gasteiger partial charge on any atom is -0.481 e. The number of carboxylic acids is 1. The van der Waals surface area contributed by atoms with E-state index in [-0.39, 0.29) is 19.8 Å². The molecule has 0 unspecified atom stereocenters. The third kappa shape index (κ3) is 8.35. The molecule has 0 saturated carbocycles. The second-order valence-corrected chi connectivity index (χ2v) is 5.59. The third-order valence-corrected chi connectivity index (χ3v) is 3.95. The maximum absolute atomic E-state index is 10.2. The second-order valence-electron chi connectivity index (χ2n) is 3.15. The highest BCUT2D eigenvalue weighted by atomic mass is 33.1. The average molecular weight is 289 g/mol. The van der Waals surface area contributed by atoms with Crippen LogP contribution in [0.2, 0.25) is 0 Å². The molecule has 0 aliphatic rings. The standard InChI is InChI=1S/C11H15NO4S2/c13-11(14)4-6-15-9-16-7-8-17-18-10-3-1-2-5-12-10/h1-3,5H,4,6-9H2,(H,13,14). The first kappa shape index (κ1) is 15.3. The van der Waals surface area contributed by atoms with Gasteiger partial charge in [0.15, 0.2) is 0 Å². The van der Waals surface area contributed by atoms with Crippen LogP contribution in [0.25, 0.3) is 0 Å². The van der Waals surface area contributed by atoms with Gasteiger partial charge in [0.25, 0.3) is 0 Å². The number of hydrogen-bond donors (Lipinski definition) is 1. The van der Waals surface area contributed by atoms with Crippen LogP contribution in [0.4, 0.5) is 0 Å². The molecule has 1 aromatic heterocycles.